The standard InChI is InChI=1S/C12H19NO4/c1-15-7-10(14)8-17-12-4-3-11(16-2)5-9(12)6-13/h3-5,10,14H,6-8,13H2,1-2H3. The van der Waals surface area contributed by atoms with Crippen LogP contribution < -0.4 is 15.2 Å². The maximum Gasteiger partial charge on any atom is 0.124 e. The van der Waals surface area contributed by atoms with Crippen LogP contribution in [0.25, 0.3) is 0 Å². The molecule has 0 heterocycles. The van der Waals surface area contributed by atoms with Crippen molar-refractivity contribution in [3.8, 4) is 11.5 Å². The molecule has 1 atom stereocenters. The fourth-order valence-corrected chi connectivity index (χ4v) is 1.41. The molecule has 1 rings (SSSR count). The van der Waals surface area contributed by atoms with Crippen LogP contribution in [0, 0.1) is 0 Å². The van der Waals surface area contributed by atoms with E-state index in [9.17, 15) is 5.11 Å². The van der Waals surface area contributed by atoms with Crippen LogP contribution in [-0.2, 0) is 11.3 Å². The van der Waals surface area contributed by atoms with Crippen molar-refractivity contribution in [3.05, 3.63) is 23.8 Å². The van der Waals surface area contributed by atoms with E-state index in [4.69, 9.17) is 19.9 Å². The Kier molecular flexibility index (Phi) is 5.76. The summed E-state index contributed by atoms with van der Waals surface area (Å²) in [5, 5.41) is 9.47. The summed E-state index contributed by atoms with van der Waals surface area (Å²) in [5.41, 5.74) is 6.46. The van der Waals surface area contributed by atoms with Crippen molar-refractivity contribution in [1.82, 2.24) is 0 Å². The molecule has 0 aliphatic rings. The third kappa shape index (κ3) is 4.22. The Morgan fingerprint density at radius 1 is 1.29 bits per heavy atom. The van der Waals surface area contributed by atoms with E-state index >= 15 is 0 Å². The van der Waals surface area contributed by atoms with Crippen molar-refractivity contribution < 1.29 is 19.3 Å². The topological polar surface area (TPSA) is 73.9 Å². The Morgan fingerprint density at radius 3 is 2.65 bits per heavy atom. The first-order valence-electron chi connectivity index (χ1n) is 5.38. The first-order valence-corrected chi connectivity index (χ1v) is 5.38. The van der Waals surface area contributed by atoms with Gasteiger partial charge in [0.1, 0.15) is 24.2 Å². The molecule has 1 aromatic carbocycles. The molecule has 3 N–H and O–H groups in total. The average molecular weight is 241 g/mol. The normalized spacial score (nSPS) is 12.2. The van der Waals surface area contributed by atoms with Crippen molar-refractivity contribution >= 4 is 0 Å². The lowest BCUT2D eigenvalue weighted by molar-refractivity contribution is 0.0323. The van der Waals surface area contributed by atoms with Gasteiger partial charge in [0.15, 0.2) is 0 Å². The van der Waals surface area contributed by atoms with E-state index in [0.717, 1.165) is 11.3 Å². The molecule has 1 aromatic rings. The van der Waals surface area contributed by atoms with Gasteiger partial charge in [0.25, 0.3) is 0 Å². The second-order valence-electron chi connectivity index (χ2n) is 3.60. The highest BCUT2D eigenvalue weighted by Gasteiger charge is 2.08. The quantitative estimate of drug-likeness (QED) is 0.729. The predicted molar refractivity (Wildman–Crippen MR) is 64.3 cm³/mol. The van der Waals surface area contributed by atoms with Crippen LogP contribution in [0.2, 0.25) is 0 Å². The first-order chi connectivity index (χ1) is 8.21. The van der Waals surface area contributed by atoms with Crippen LogP contribution in [-0.4, -0.2) is 38.6 Å². The predicted octanol–water partition coefficient (Wildman–Crippen LogP) is 0.540. The molecule has 5 heteroatoms. The fourth-order valence-electron chi connectivity index (χ4n) is 1.41. The summed E-state index contributed by atoms with van der Waals surface area (Å²) < 4.78 is 15.4. The van der Waals surface area contributed by atoms with E-state index in [0.29, 0.717) is 12.3 Å². The highest BCUT2D eigenvalue weighted by atomic mass is 16.5. The summed E-state index contributed by atoms with van der Waals surface area (Å²) in [4.78, 5) is 0. The molecule has 0 amide bonds. The van der Waals surface area contributed by atoms with Crippen LogP contribution in [0.1, 0.15) is 5.56 Å². The number of hydrogen-bond acceptors (Lipinski definition) is 5. The Hall–Kier alpha value is -1.30. The van der Waals surface area contributed by atoms with E-state index in [1.165, 1.54) is 7.11 Å². The van der Waals surface area contributed by atoms with E-state index in [-0.39, 0.29) is 13.2 Å². The van der Waals surface area contributed by atoms with Gasteiger partial charge >= 0.3 is 0 Å². The van der Waals surface area contributed by atoms with Crippen molar-refractivity contribution in [2.24, 2.45) is 5.73 Å². The van der Waals surface area contributed by atoms with E-state index in [1.807, 2.05) is 6.07 Å². The molecule has 0 radical (unpaired) electrons. The summed E-state index contributed by atoms with van der Waals surface area (Å²) in [5.74, 6) is 1.39. The number of aliphatic hydroxyl groups excluding tert-OH is 1. The van der Waals surface area contributed by atoms with Gasteiger partial charge in [-0.15, -0.1) is 0 Å². The molecule has 0 aromatic heterocycles. The Labute approximate surface area is 101 Å². The van der Waals surface area contributed by atoms with Gasteiger partial charge in [0.05, 0.1) is 13.7 Å². The van der Waals surface area contributed by atoms with Crippen molar-refractivity contribution in [2.45, 2.75) is 12.6 Å². The summed E-state index contributed by atoms with van der Waals surface area (Å²) in [7, 11) is 3.13. The first kappa shape index (κ1) is 13.8. The number of rotatable bonds is 7. The van der Waals surface area contributed by atoms with Gasteiger partial charge in [-0.3, -0.25) is 0 Å². The summed E-state index contributed by atoms with van der Waals surface area (Å²) in [6.07, 6.45) is -0.646. The number of benzene rings is 1. The van der Waals surface area contributed by atoms with E-state index in [2.05, 4.69) is 0 Å². The van der Waals surface area contributed by atoms with Crippen molar-refractivity contribution in [3.63, 3.8) is 0 Å². The third-order valence-corrected chi connectivity index (χ3v) is 2.28. The minimum absolute atomic E-state index is 0.174. The molecule has 0 aliphatic carbocycles. The lowest BCUT2D eigenvalue weighted by Gasteiger charge is -2.14. The smallest absolute Gasteiger partial charge is 0.124 e. The number of aliphatic hydroxyl groups is 1. The molecule has 1 unspecified atom stereocenters. The Balaban J connectivity index is 2.63. The second kappa shape index (κ2) is 7.11. The highest BCUT2D eigenvalue weighted by Crippen LogP contribution is 2.23. The highest BCUT2D eigenvalue weighted by molar-refractivity contribution is 5.40. The van der Waals surface area contributed by atoms with E-state index < -0.39 is 6.10 Å². The molecule has 0 aliphatic heterocycles. The minimum Gasteiger partial charge on any atom is -0.497 e. The summed E-state index contributed by atoms with van der Waals surface area (Å²) in [6, 6.07) is 5.38. The zero-order valence-corrected chi connectivity index (χ0v) is 10.2. The number of hydrogen-bond donors (Lipinski definition) is 2. The molecule has 0 bridgehead atoms. The van der Waals surface area contributed by atoms with Crippen molar-refractivity contribution in [1.29, 1.82) is 0 Å². The average Bonchev–Trinajstić information content (AvgIpc) is 2.36. The number of nitrogens with two attached hydrogens (primary N) is 1. The van der Waals surface area contributed by atoms with Crippen LogP contribution in [0.15, 0.2) is 18.2 Å². The van der Waals surface area contributed by atoms with Gasteiger partial charge in [0, 0.05) is 19.2 Å². The molecule has 0 saturated carbocycles. The molecule has 0 saturated heterocycles. The third-order valence-electron chi connectivity index (χ3n) is 2.28. The van der Waals surface area contributed by atoms with Crippen molar-refractivity contribution in [2.75, 3.05) is 27.4 Å². The maximum absolute atomic E-state index is 9.47. The largest absolute Gasteiger partial charge is 0.497 e. The number of ether oxygens (including phenoxy) is 3. The second-order valence-corrected chi connectivity index (χ2v) is 3.60. The molecule has 0 spiro atoms. The van der Waals surface area contributed by atoms with E-state index in [1.54, 1.807) is 19.2 Å². The maximum atomic E-state index is 9.47. The van der Waals surface area contributed by atoms with Gasteiger partial charge in [-0.25, -0.2) is 0 Å². The van der Waals surface area contributed by atoms with Gasteiger partial charge < -0.3 is 25.1 Å². The van der Waals surface area contributed by atoms with Gasteiger partial charge in [-0.1, -0.05) is 0 Å². The summed E-state index contributed by atoms with van der Waals surface area (Å²) in [6.45, 7) is 0.772. The Morgan fingerprint density at radius 2 is 2.06 bits per heavy atom. The fraction of sp³-hybridized carbons (Fsp3) is 0.500. The van der Waals surface area contributed by atoms with Crippen LogP contribution in [0.3, 0.4) is 0 Å². The van der Waals surface area contributed by atoms with Gasteiger partial charge in [-0.05, 0) is 18.2 Å². The van der Waals surface area contributed by atoms with Gasteiger partial charge in [-0.2, -0.15) is 0 Å². The lowest BCUT2D eigenvalue weighted by atomic mass is 10.2. The summed E-state index contributed by atoms with van der Waals surface area (Å²) >= 11 is 0. The molecule has 0 fully saturated rings. The number of methoxy groups -OCH3 is 2. The van der Waals surface area contributed by atoms with Crippen LogP contribution >= 0.6 is 0 Å². The van der Waals surface area contributed by atoms with Crippen LogP contribution in [0.5, 0.6) is 11.5 Å². The zero-order chi connectivity index (χ0) is 12.7. The minimum atomic E-state index is -0.646. The SMILES string of the molecule is COCC(O)COc1ccc(OC)cc1CN. The molecular weight excluding hydrogens is 222 g/mol. The zero-order valence-electron chi connectivity index (χ0n) is 10.2. The van der Waals surface area contributed by atoms with Gasteiger partial charge in [0.2, 0.25) is 0 Å². The van der Waals surface area contributed by atoms with Crippen LogP contribution in [0.4, 0.5) is 0 Å². The molecule has 96 valence electrons. The molecule has 5 nitrogen and oxygen atoms in total. The lowest BCUT2D eigenvalue weighted by Crippen LogP contribution is -2.23. The Bertz CT molecular complexity index is 343. The molecular formula is C12H19NO4. The molecule has 17 heavy (non-hydrogen) atoms. The monoisotopic (exact) mass is 241 g/mol.